The van der Waals surface area contributed by atoms with Crippen LogP contribution < -0.4 is 5.73 Å². The number of hydrogen-bond donors (Lipinski definition) is 1. The smallest absolute Gasteiger partial charge is 0.141 e. The molecule has 0 aromatic heterocycles. The van der Waals surface area contributed by atoms with Crippen molar-refractivity contribution < 1.29 is 4.79 Å². The van der Waals surface area contributed by atoms with Gasteiger partial charge in [0.15, 0.2) is 0 Å². The molecular weight excluding hydrogens is 257 g/mol. The first-order valence-electron chi connectivity index (χ1n) is 5.75. The molecule has 2 nitrogen and oxygen atoms in total. The maximum atomic E-state index is 12.0. The number of ketones is 1. The number of halogens is 2. The van der Waals surface area contributed by atoms with Crippen LogP contribution in [0.15, 0.2) is 18.2 Å². The van der Waals surface area contributed by atoms with Gasteiger partial charge in [-0.05, 0) is 24.1 Å². The Hall–Kier alpha value is -0.570. The Labute approximate surface area is 112 Å². The summed E-state index contributed by atoms with van der Waals surface area (Å²) in [7, 11) is 0. The van der Waals surface area contributed by atoms with Crippen molar-refractivity contribution in [2.75, 3.05) is 6.54 Å². The van der Waals surface area contributed by atoms with Gasteiger partial charge in [-0.25, -0.2) is 0 Å². The second kappa shape index (κ2) is 7.00. The van der Waals surface area contributed by atoms with E-state index in [0.29, 0.717) is 23.0 Å². The van der Waals surface area contributed by atoms with Crippen LogP contribution in [-0.2, 0) is 11.2 Å². The van der Waals surface area contributed by atoms with Gasteiger partial charge in [-0.2, -0.15) is 0 Å². The third-order valence-electron chi connectivity index (χ3n) is 2.74. The van der Waals surface area contributed by atoms with Crippen LogP contribution in [0.5, 0.6) is 0 Å². The van der Waals surface area contributed by atoms with Crippen molar-refractivity contribution >= 4 is 29.0 Å². The molecule has 0 aliphatic heterocycles. The van der Waals surface area contributed by atoms with Gasteiger partial charge in [0, 0.05) is 18.9 Å². The summed E-state index contributed by atoms with van der Waals surface area (Å²) in [5.74, 6) is 0.127. The van der Waals surface area contributed by atoms with E-state index in [9.17, 15) is 4.79 Å². The van der Waals surface area contributed by atoms with Crippen LogP contribution in [0.1, 0.15) is 25.3 Å². The largest absolute Gasteiger partial charge is 0.330 e. The van der Waals surface area contributed by atoms with Gasteiger partial charge in [0.25, 0.3) is 0 Å². The number of rotatable bonds is 6. The summed E-state index contributed by atoms with van der Waals surface area (Å²) >= 11 is 11.7. The van der Waals surface area contributed by atoms with Crippen LogP contribution >= 0.6 is 23.2 Å². The van der Waals surface area contributed by atoms with Gasteiger partial charge in [0.1, 0.15) is 5.78 Å². The van der Waals surface area contributed by atoms with Crippen molar-refractivity contribution in [3.63, 3.8) is 0 Å². The van der Waals surface area contributed by atoms with Crippen molar-refractivity contribution in [1.82, 2.24) is 0 Å². The number of hydrogen-bond acceptors (Lipinski definition) is 2. The molecule has 0 aliphatic rings. The number of carbonyl (C=O) groups excluding carboxylic acids is 1. The highest BCUT2D eigenvalue weighted by molar-refractivity contribution is 6.42. The Morgan fingerprint density at radius 2 is 2.06 bits per heavy atom. The van der Waals surface area contributed by atoms with E-state index in [1.54, 1.807) is 12.1 Å². The molecule has 4 heteroatoms. The maximum absolute atomic E-state index is 12.0. The molecule has 0 saturated heterocycles. The van der Waals surface area contributed by atoms with Gasteiger partial charge in [-0.15, -0.1) is 0 Å². The Kier molecular flexibility index (Phi) is 5.96. The van der Waals surface area contributed by atoms with E-state index < -0.39 is 0 Å². The molecule has 1 aromatic carbocycles. The SMILES string of the molecule is CCCC(CN)C(=O)Cc1ccc(Cl)c(Cl)c1. The highest BCUT2D eigenvalue weighted by Crippen LogP contribution is 2.23. The molecule has 0 aliphatic carbocycles. The maximum Gasteiger partial charge on any atom is 0.141 e. The van der Waals surface area contributed by atoms with E-state index in [0.717, 1.165) is 18.4 Å². The Bertz CT molecular complexity index is 393. The first-order valence-corrected chi connectivity index (χ1v) is 6.50. The Morgan fingerprint density at radius 3 is 2.59 bits per heavy atom. The van der Waals surface area contributed by atoms with E-state index in [1.807, 2.05) is 6.07 Å². The van der Waals surface area contributed by atoms with E-state index >= 15 is 0 Å². The fourth-order valence-corrected chi connectivity index (χ4v) is 2.07. The minimum Gasteiger partial charge on any atom is -0.330 e. The standard InChI is InChI=1S/C13H17Cl2NO/c1-2-3-10(8-16)13(17)7-9-4-5-11(14)12(15)6-9/h4-6,10H,2-3,7-8,16H2,1H3. The van der Waals surface area contributed by atoms with Crippen molar-refractivity contribution in [2.24, 2.45) is 11.7 Å². The zero-order valence-corrected chi connectivity index (χ0v) is 11.4. The lowest BCUT2D eigenvalue weighted by Crippen LogP contribution is -2.25. The molecule has 0 amide bonds. The zero-order valence-electron chi connectivity index (χ0n) is 9.88. The van der Waals surface area contributed by atoms with Crippen LogP contribution in [0.25, 0.3) is 0 Å². The van der Waals surface area contributed by atoms with E-state index in [2.05, 4.69) is 6.92 Å². The molecule has 0 spiro atoms. The first kappa shape index (κ1) is 14.5. The van der Waals surface area contributed by atoms with Crippen molar-refractivity contribution in [1.29, 1.82) is 0 Å². The third kappa shape index (κ3) is 4.30. The van der Waals surface area contributed by atoms with Gasteiger partial charge in [0.05, 0.1) is 10.0 Å². The van der Waals surface area contributed by atoms with Gasteiger partial charge >= 0.3 is 0 Å². The predicted octanol–water partition coefficient (Wildman–Crippen LogP) is 3.48. The van der Waals surface area contributed by atoms with Crippen molar-refractivity contribution in [2.45, 2.75) is 26.2 Å². The summed E-state index contributed by atoms with van der Waals surface area (Å²) < 4.78 is 0. The molecule has 94 valence electrons. The summed E-state index contributed by atoms with van der Waals surface area (Å²) in [6.45, 7) is 2.46. The average Bonchev–Trinajstić information content (AvgIpc) is 2.30. The van der Waals surface area contributed by atoms with E-state index in [4.69, 9.17) is 28.9 Å². The Balaban J connectivity index is 2.69. The fraction of sp³-hybridized carbons (Fsp3) is 0.462. The van der Waals surface area contributed by atoms with Crippen LogP contribution in [0.4, 0.5) is 0 Å². The second-order valence-electron chi connectivity index (χ2n) is 4.11. The minimum absolute atomic E-state index is 0.0468. The zero-order chi connectivity index (χ0) is 12.8. The molecule has 0 fully saturated rings. The molecule has 2 N–H and O–H groups in total. The van der Waals surface area contributed by atoms with Gasteiger partial charge in [-0.3, -0.25) is 4.79 Å². The third-order valence-corrected chi connectivity index (χ3v) is 3.48. The van der Waals surface area contributed by atoms with E-state index in [1.165, 1.54) is 0 Å². The minimum atomic E-state index is -0.0468. The summed E-state index contributed by atoms with van der Waals surface area (Å²) in [4.78, 5) is 12.0. The van der Waals surface area contributed by atoms with Crippen LogP contribution in [0.3, 0.4) is 0 Å². The lowest BCUT2D eigenvalue weighted by atomic mass is 9.94. The number of nitrogens with two attached hydrogens (primary N) is 1. The van der Waals surface area contributed by atoms with Crippen LogP contribution in [-0.4, -0.2) is 12.3 Å². The predicted molar refractivity (Wildman–Crippen MR) is 72.6 cm³/mol. The molecule has 1 aromatic rings. The summed E-state index contributed by atoms with van der Waals surface area (Å²) in [5, 5.41) is 0.989. The number of benzene rings is 1. The molecule has 0 bridgehead atoms. The van der Waals surface area contributed by atoms with Gasteiger partial charge < -0.3 is 5.73 Å². The Morgan fingerprint density at radius 1 is 1.35 bits per heavy atom. The van der Waals surface area contributed by atoms with Crippen LogP contribution in [0, 0.1) is 5.92 Å². The molecule has 17 heavy (non-hydrogen) atoms. The molecule has 1 rings (SSSR count). The monoisotopic (exact) mass is 273 g/mol. The number of carbonyl (C=O) groups is 1. The molecule has 0 saturated carbocycles. The van der Waals surface area contributed by atoms with E-state index in [-0.39, 0.29) is 11.7 Å². The summed E-state index contributed by atoms with van der Waals surface area (Å²) in [6, 6.07) is 5.27. The van der Waals surface area contributed by atoms with Gasteiger partial charge in [0.2, 0.25) is 0 Å². The lowest BCUT2D eigenvalue weighted by molar-refractivity contribution is -0.122. The van der Waals surface area contributed by atoms with Gasteiger partial charge in [-0.1, -0.05) is 42.6 Å². The first-order chi connectivity index (χ1) is 8.08. The lowest BCUT2D eigenvalue weighted by Gasteiger charge is -2.12. The number of Topliss-reactive ketones (excluding diaryl/α,β-unsaturated/α-hetero) is 1. The fourth-order valence-electron chi connectivity index (χ4n) is 1.75. The molecule has 1 unspecified atom stereocenters. The molecular formula is C13H17Cl2NO. The topological polar surface area (TPSA) is 43.1 Å². The highest BCUT2D eigenvalue weighted by atomic mass is 35.5. The van der Waals surface area contributed by atoms with Crippen LogP contribution in [0.2, 0.25) is 10.0 Å². The summed E-state index contributed by atoms with van der Waals surface area (Å²) in [6.07, 6.45) is 2.18. The molecule has 0 heterocycles. The average molecular weight is 274 g/mol. The molecule has 1 atom stereocenters. The normalized spacial score (nSPS) is 12.5. The van der Waals surface area contributed by atoms with Crippen molar-refractivity contribution in [3.8, 4) is 0 Å². The highest BCUT2D eigenvalue weighted by Gasteiger charge is 2.16. The summed E-state index contributed by atoms with van der Waals surface area (Å²) in [5.41, 5.74) is 6.49. The molecule has 0 radical (unpaired) electrons. The second-order valence-corrected chi connectivity index (χ2v) is 4.93. The quantitative estimate of drug-likeness (QED) is 0.863. The van der Waals surface area contributed by atoms with Crippen molar-refractivity contribution in [3.05, 3.63) is 33.8 Å².